The van der Waals surface area contributed by atoms with Gasteiger partial charge in [-0.3, -0.25) is 4.79 Å². The van der Waals surface area contributed by atoms with Gasteiger partial charge in [0.15, 0.2) is 16.7 Å². The van der Waals surface area contributed by atoms with E-state index in [0.29, 0.717) is 34.8 Å². The molecule has 0 atom stereocenters. The van der Waals surface area contributed by atoms with E-state index in [0.717, 1.165) is 37.3 Å². The summed E-state index contributed by atoms with van der Waals surface area (Å²) in [7, 11) is 3.21. The highest BCUT2D eigenvalue weighted by molar-refractivity contribution is 7.99. The second-order valence-electron chi connectivity index (χ2n) is 6.96. The minimum absolute atomic E-state index is 0.0661. The average molecular weight is 451 g/mol. The monoisotopic (exact) mass is 450 g/mol. The van der Waals surface area contributed by atoms with Crippen molar-refractivity contribution in [2.24, 2.45) is 0 Å². The fourth-order valence-electron chi connectivity index (χ4n) is 3.30. The molecule has 1 aromatic heterocycles. The average Bonchev–Trinajstić information content (AvgIpc) is 2.77. The van der Waals surface area contributed by atoms with Crippen LogP contribution < -0.4 is 19.7 Å². The number of ether oxygens (including phenoxy) is 2. The fraction of sp³-hybridized carbons (Fsp3) is 0.476. The van der Waals surface area contributed by atoms with Crippen LogP contribution >= 0.6 is 23.4 Å². The summed E-state index contributed by atoms with van der Waals surface area (Å²) in [6.07, 6.45) is 4.27. The largest absolute Gasteiger partial charge is 0.493 e. The summed E-state index contributed by atoms with van der Waals surface area (Å²) in [5, 5.41) is 3.86. The van der Waals surface area contributed by atoms with Gasteiger partial charge < -0.3 is 19.7 Å². The third-order valence-corrected chi connectivity index (χ3v) is 5.90. The molecule has 7 nitrogen and oxygen atoms in total. The van der Waals surface area contributed by atoms with E-state index in [1.54, 1.807) is 20.3 Å². The molecular formula is C21H27ClN4O3S. The molecule has 0 aliphatic carbocycles. The van der Waals surface area contributed by atoms with Gasteiger partial charge in [0.25, 0.3) is 0 Å². The molecule has 2 aromatic rings. The molecule has 0 bridgehead atoms. The number of rotatable bonds is 9. The van der Waals surface area contributed by atoms with Crippen LogP contribution in [0.15, 0.2) is 29.4 Å². The van der Waals surface area contributed by atoms with Crippen molar-refractivity contribution in [2.75, 3.05) is 44.5 Å². The molecule has 1 N–H and O–H groups in total. The van der Waals surface area contributed by atoms with Crippen molar-refractivity contribution in [1.82, 2.24) is 15.3 Å². The second-order valence-corrected chi connectivity index (χ2v) is 8.29. The molecule has 0 radical (unpaired) electrons. The van der Waals surface area contributed by atoms with E-state index in [1.165, 1.54) is 18.2 Å². The highest BCUT2D eigenvalue weighted by Crippen LogP contribution is 2.27. The molecule has 1 aliphatic heterocycles. The Labute approximate surface area is 186 Å². The van der Waals surface area contributed by atoms with Crippen LogP contribution in [0.5, 0.6) is 11.5 Å². The van der Waals surface area contributed by atoms with Crippen molar-refractivity contribution < 1.29 is 14.3 Å². The lowest BCUT2D eigenvalue weighted by atomic mass is 10.1. The topological polar surface area (TPSA) is 76.6 Å². The van der Waals surface area contributed by atoms with E-state index in [2.05, 4.69) is 20.2 Å². The van der Waals surface area contributed by atoms with Crippen molar-refractivity contribution in [2.45, 2.75) is 30.8 Å². The lowest BCUT2D eigenvalue weighted by molar-refractivity contribution is -0.118. The second kappa shape index (κ2) is 11.3. The van der Waals surface area contributed by atoms with Crippen LogP contribution in [-0.2, 0) is 11.2 Å². The number of piperidine rings is 1. The number of nitrogens with zero attached hydrogens (tertiary/aromatic N) is 3. The first-order chi connectivity index (χ1) is 14.6. The van der Waals surface area contributed by atoms with Crippen LogP contribution in [0.1, 0.15) is 24.8 Å². The summed E-state index contributed by atoms with van der Waals surface area (Å²) in [6.45, 7) is 2.49. The first-order valence-electron chi connectivity index (χ1n) is 9.99. The third-order valence-electron chi connectivity index (χ3n) is 4.86. The molecular weight excluding hydrogens is 424 g/mol. The first-order valence-corrected chi connectivity index (χ1v) is 11.4. The van der Waals surface area contributed by atoms with E-state index < -0.39 is 0 Å². The Hall–Kier alpha value is -2.19. The molecule has 9 heteroatoms. The van der Waals surface area contributed by atoms with Crippen LogP contribution in [0, 0.1) is 0 Å². The van der Waals surface area contributed by atoms with Gasteiger partial charge in [0, 0.05) is 25.7 Å². The molecule has 1 aromatic carbocycles. The van der Waals surface area contributed by atoms with E-state index in [-0.39, 0.29) is 11.7 Å². The van der Waals surface area contributed by atoms with Crippen LogP contribution in [0.2, 0.25) is 5.15 Å². The number of carbonyl (C=O) groups excluding carboxylic acids is 1. The van der Waals surface area contributed by atoms with Gasteiger partial charge >= 0.3 is 0 Å². The molecule has 0 unspecified atom stereocenters. The van der Waals surface area contributed by atoms with Gasteiger partial charge in [0.1, 0.15) is 11.0 Å². The zero-order valence-corrected chi connectivity index (χ0v) is 18.9. The number of hydrogen-bond acceptors (Lipinski definition) is 7. The Morgan fingerprint density at radius 2 is 1.90 bits per heavy atom. The van der Waals surface area contributed by atoms with E-state index in [9.17, 15) is 4.79 Å². The molecule has 1 amide bonds. The predicted molar refractivity (Wildman–Crippen MR) is 120 cm³/mol. The van der Waals surface area contributed by atoms with Gasteiger partial charge in [-0.1, -0.05) is 29.4 Å². The summed E-state index contributed by atoms with van der Waals surface area (Å²) in [5.74, 6) is 2.38. The molecule has 3 rings (SSSR count). The SMILES string of the molecule is COc1ccc(CCNC(=O)CSc2nc(Cl)cc(N3CCCCC3)n2)cc1OC. The van der Waals surface area contributed by atoms with E-state index in [4.69, 9.17) is 21.1 Å². The smallest absolute Gasteiger partial charge is 0.230 e. The summed E-state index contributed by atoms with van der Waals surface area (Å²) in [5.41, 5.74) is 1.06. The van der Waals surface area contributed by atoms with Crippen molar-refractivity contribution in [3.05, 3.63) is 35.0 Å². The Balaban J connectivity index is 1.47. The molecule has 0 saturated carbocycles. The van der Waals surface area contributed by atoms with Crippen LogP contribution in [0.4, 0.5) is 5.82 Å². The number of methoxy groups -OCH3 is 2. The molecule has 162 valence electrons. The van der Waals surface area contributed by atoms with Gasteiger partial charge in [-0.05, 0) is 43.4 Å². The predicted octanol–water partition coefficient (Wildman–Crippen LogP) is 3.59. The number of anilines is 1. The molecule has 30 heavy (non-hydrogen) atoms. The van der Waals surface area contributed by atoms with Crippen molar-refractivity contribution >= 4 is 35.1 Å². The standard InChI is InChI=1S/C21H27ClN4O3S/c1-28-16-7-6-15(12-17(16)29-2)8-9-23-20(27)14-30-21-24-18(22)13-19(25-21)26-10-4-3-5-11-26/h6-7,12-13H,3-5,8-11,14H2,1-2H3,(H,23,27). The van der Waals surface area contributed by atoms with Gasteiger partial charge in [-0.15, -0.1) is 0 Å². The Morgan fingerprint density at radius 3 is 2.63 bits per heavy atom. The van der Waals surface area contributed by atoms with Crippen molar-refractivity contribution in [3.8, 4) is 11.5 Å². The van der Waals surface area contributed by atoms with Gasteiger partial charge in [0.05, 0.1) is 20.0 Å². The van der Waals surface area contributed by atoms with Crippen LogP contribution in [0.3, 0.4) is 0 Å². The normalized spacial score (nSPS) is 13.8. The van der Waals surface area contributed by atoms with Crippen molar-refractivity contribution in [1.29, 1.82) is 0 Å². The molecule has 1 saturated heterocycles. The van der Waals surface area contributed by atoms with Gasteiger partial charge in [0.2, 0.25) is 5.91 Å². The quantitative estimate of drug-likeness (QED) is 0.355. The minimum Gasteiger partial charge on any atom is -0.493 e. The number of carbonyl (C=O) groups is 1. The van der Waals surface area contributed by atoms with Crippen LogP contribution in [0.25, 0.3) is 0 Å². The zero-order chi connectivity index (χ0) is 21.3. The third kappa shape index (κ3) is 6.40. The lowest BCUT2D eigenvalue weighted by Gasteiger charge is -2.27. The zero-order valence-electron chi connectivity index (χ0n) is 17.3. The molecule has 1 aliphatic rings. The lowest BCUT2D eigenvalue weighted by Crippen LogP contribution is -2.30. The van der Waals surface area contributed by atoms with E-state index >= 15 is 0 Å². The van der Waals surface area contributed by atoms with Crippen LogP contribution in [-0.4, -0.2) is 55.5 Å². The number of thioether (sulfide) groups is 1. The molecule has 1 fully saturated rings. The number of hydrogen-bond donors (Lipinski definition) is 1. The van der Waals surface area contributed by atoms with E-state index in [1.807, 2.05) is 18.2 Å². The maximum Gasteiger partial charge on any atom is 0.230 e. The molecule has 0 spiro atoms. The Kier molecular flexibility index (Phi) is 8.45. The Morgan fingerprint density at radius 1 is 1.13 bits per heavy atom. The van der Waals surface area contributed by atoms with Gasteiger partial charge in [-0.25, -0.2) is 9.97 Å². The summed E-state index contributed by atoms with van der Waals surface area (Å²) >= 11 is 7.47. The highest BCUT2D eigenvalue weighted by Gasteiger charge is 2.15. The number of halogens is 1. The summed E-state index contributed by atoms with van der Waals surface area (Å²) in [4.78, 5) is 23.3. The number of aromatic nitrogens is 2. The summed E-state index contributed by atoms with van der Waals surface area (Å²) < 4.78 is 10.6. The maximum absolute atomic E-state index is 12.2. The van der Waals surface area contributed by atoms with Gasteiger partial charge in [-0.2, -0.15) is 0 Å². The Bertz CT molecular complexity index is 862. The molecule has 2 heterocycles. The van der Waals surface area contributed by atoms with Crippen molar-refractivity contribution in [3.63, 3.8) is 0 Å². The fourth-order valence-corrected chi connectivity index (χ4v) is 4.21. The first kappa shape index (κ1) is 22.5. The number of nitrogens with one attached hydrogen (secondary N) is 1. The number of benzene rings is 1. The minimum atomic E-state index is -0.0661. The number of amides is 1. The maximum atomic E-state index is 12.2. The highest BCUT2D eigenvalue weighted by atomic mass is 35.5. The summed E-state index contributed by atoms with van der Waals surface area (Å²) in [6, 6.07) is 7.54.